The second kappa shape index (κ2) is 19.5. The van der Waals surface area contributed by atoms with E-state index >= 15 is 0 Å². The molecule has 0 radical (unpaired) electrons. The molecule has 3 rings (SSSR count). The summed E-state index contributed by atoms with van der Waals surface area (Å²) in [6, 6.07) is 13.7. The highest BCUT2D eigenvalue weighted by Crippen LogP contribution is 2.26. The molecule has 0 N–H and O–H groups in total. The van der Waals surface area contributed by atoms with E-state index in [4.69, 9.17) is 9.47 Å². The van der Waals surface area contributed by atoms with Gasteiger partial charge < -0.3 is 9.47 Å². The molecule has 2 nitrogen and oxygen atoms in total. The van der Waals surface area contributed by atoms with Gasteiger partial charge in [-0.1, -0.05) is 71.9 Å². The maximum Gasteiger partial charge on any atom is 0.126 e. The number of halogens is 2. The van der Waals surface area contributed by atoms with Gasteiger partial charge in [0.15, 0.2) is 0 Å². The Balaban J connectivity index is 0. The van der Waals surface area contributed by atoms with E-state index in [0.717, 1.165) is 37.6 Å². The molecule has 1 fully saturated rings. The van der Waals surface area contributed by atoms with Gasteiger partial charge in [0.2, 0.25) is 0 Å². The van der Waals surface area contributed by atoms with E-state index in [1.807, 2.05) is 59.7 Å². The van der Waals surface area contributed by atoms with E-state index in [-0.39, 0.29) is 5.82 Å². The Hall–Kier alpha value is -1.78. The molecule has 1 aliphatic rings. The van der Waals surface area contributed by atoms with Gasteiger partial charge in [0.05, 0.1) is 18.8 Å². The molecule has 1 aliphatic carbocycles. The van der Waals surface area contributed by atoms with Crippen molar-refractivity contribution in [3.8, 4) is 0 Å². The number of methoxy groups -OCH3 is 1. The molecule has 0 aliphatic heterocycles. The van der Waals surface area contributed by atoms with Gasteiger partial charge in [0.25, 0.3) is 0 Å². The number of ether oxygens (including phenoxy) is 2. The van der Waals surface area contributed by atoms with Crippen LogP contribution >= 0.6 is 0 Å². The zero-order valence-corrected chi connectivity index (χ0v) is 19.5. The van der Waals surface area contributed by atoms with Crippen molar-refractivity contribution in [2.75, 3.05) is 7.11 Å². The minimum Gasteiger partial charge on any atom is -0.381 e. The number of hydrogen-bond donors (Lipinski definition) is 0. The van der Waals surface area contributed by atoms with E-state index in [2.05, 4.69) is 12.1 Å². The van der Waals surface area contributed by atoms with E-state index in [1.54, 1.807) is 7.11 Å². The van der Waals surface area contributed by atoms with Crippen molar-refractivity contribution < 1.29 is 18.3 Å². The van der Waals surface area contributed by atoms with Crippen LogP contribution in [0.1, 0.15) is 65.5 Å². The van der Waals surface area contributed by atoms with Crippen molar-refractivity contribution in [1.29, 1.82) is 0 Å². The fourth-order valence-electron chi connectivity index (χ4n) is 2.24. The standard InChI is InChI=1S/C12H16O2.C7H6F2.3C2H6/c1-13-11-7-12(8-11)14-9-10-5-3-2-4-6-10;1-5-4-6(8)2-3-7(5)9;3*1-2/h2-6,11-12H,7-9H2,1H3;2-4H,1H3;3*1-2H3. The van der Waals surface area contributed by atoms with Crippen LogP contribution in [0.4, 0.5) is 8.78 Å². The van der Waals surface area contributed by atoms with Crippen LogP contribution < -0.4 is 0 Å². The molecule has 0 bridgehead atoms. The zero-order chi connectivity index (χ0) is 22.7. The minimum absolute atomic E-state index is 0.343. The van der Waals surface area contributed by atoms with Crippen LogP contribution in [0.5, 0.6) is 0 Å². The molecule has 29 heavy (non-hydrogen) atoms. The van der Waals surface area contributed by atoms with Crippen molar-refractivity contribution in [1.82, 2.24) is 0 Å². The summed E-state index contributed by atoms with van der Waals surface area (Å²) in [5.74, 6) is -0.759. The van der Waals surface area contributed by atoms with E-state index in [1.165, 1.54) is 12.5 Å². The highest BCUT2D eigenvalue weighted by Gasteiger charge is 2.29. The maximum absolute atomic E-state index is 12.3. The monoisotopic (exact) mass is 410 g/mol. The highest BCUT2D eigenvalue weighted by atomic mass is 19.1. The fourth-order valence-corrected chi connectivity index (χ4v) is 2.24. The molecule has 2 aromatic rings. The van der Waals surface area contributed by atoms with E-state index < -0.39 is 5.82 Å². The third-order valence-electron chi connectivity index (χ3n) is 3.83. The fraction of sp³-hybridized carbons (Fsp3) is 0.520. The lowest BCUT2D eigenvalue weighted by Gasteiger charge is -2.33. The maximum atomic E-state index is 12.3. The lowest BCUT2D eigenvalue weighted by atomic mass is 9.92. The molecule has 0 unspecified atom stereocenters. The molecular formula is C25H40F2O2. The first-order valence-corrected chi connectivity index (χ1v) is 10.7. The van der Waals surface area contributed by atoms with Gasteiger partial charge in [-0.3, -0.25) is 0 Å². The molecule has 0 spiro atoms. The van der Waals surface area contributed by atoms with Crippen LogP contribution in [0.25, 0.3) is 0 Å². The Morgan fingerprint density at radius 2 is 1.38 bits per heavy atom. The van der Waals surface area contributed by atoms with E-state index in [0.29, 0.717) is 17.8 Å². The van der Waals surface area contributed by atoms with Crippen LogP contribution in [-0.4, -0.2) is 19.3 Å². The topological polar surface area (TPSA) is 18.5 Å². The highest BCUT2D eigenvalue weighted by molar-refractivity contribution is 5.16. The number of aryl methyl sites for hydroxylation is 1. The van der Waals surface area contributed by atoms with Crippen LogP contribution in [0.15, 0.2) is 48.5 Å². The molecule has 4 heteroatoms. The predicted octanol–water partition coefficient (Wildman–Crippen LogP) is 7.73. The molecule has 0 amide bonds. The van der Waals surface area contributed by atoms with Crippen LogP contribution in [0, 0.1) is 18.6 Å². The third-order valence-corrected chi connectivity index (χ3v) is 3.83. The summed E-state index contributed by atoms with van der Waals surface area (Å²) in [5, 5.41) is 0. The molecule has 0 heterocycles. The molecule has 0 atom stereocenters. The summed E-state index contributed by atoms with van der Waals surface area (Å²) in [7, 11) is 1.76. The van der Waals surface area contributed by atoms with Gasteiger partial charge in [-0.25, -0.2) is 8.78 Å². The van der Waals surface area contributed by atoms with Gasteiger partial charge in [-0.2, -0.15) is 0 Å². The first-order chi connectivity index (χ1) is 14.1. The van der Waals surface area contributed by atoms with Gasteiger partial charge in [-0.05, 0) is 49.1 Å². The molecule has 2 aromatic carbocycles. The summed E-state index contributed by atoms with van der Waals surface area (Å²) in [4.78, 5) is 0. The first kappa shape index (κ1) is 29.4. The van der Waals surface area contributed by atoms with Crippen molar-refractivity contribution >= 4 is 0 Å². The molecule has 1 saturated carbocycles. The Morgan fingerprint density at radius 1 is 0.828 bits per heavy atom. The van der Waals surface area contributed by atoms with Crippen molar-refractivity contribution in [2.24, 2.45) is 0 Å². The van der Waals surface area contributed by atoms with Crippen LogP contribution in [0.2, 0.25) is 0 Å². The van der Waals surface area contributed by atoms with Gasteiger partial charge >= 0.3 is 0 Å². The van der Waals surface area contributed by atoms with E-state index in [9.17, 15) is 8.78 Å². The molecule has 0 aromatic heterocycles. The second-order valence-corrected chi connectivity index (χ2v) is 5.64. The lowest BCUT2D eigenvalue weighted by molar-refractivity contribution is -0.0928. The van der Waals surface area contributed by atoms with Gasteiger partial charge in [0.1, 0.15) is 11.6 Å². The Labute approximate surface area is 177 Å². The summed E-state index contributed by atoms with van der Waals surface area (Å²) < 4.78 is 35.4. The normalized spacial score (nSPS) is 16.1. The summed E-state index contributed by atoms with van der Waals surface area (Å²) in [6.07, 6.45) is 2.92. The Bertz CT molecular complexity index is 597. The Kier molecular flexibility index (Phi) is 19.8. The largest absolute Gasteiger partial charge is 0.381 e. The first-order valence-electron chi connectivity index (χ1n) is 10.7. The SMILES string of the molecule is CC.CC.CC.COC1CC(OCc2ccccc2)C1.Cc1cc(F)ccc1F. The number of rotatable bonds is 4. The van der Waals surface area contributed by atoms with Gasteiger partial charge in [-0.15, -0.1) is 0 Å². The second-order valence-electron chi connectivity index (χ2n) is 5.64. The molecule has 166 valence electrons. The minimum atomic E-state index is -0.395. The molecular weight excluding hydrogens is 370 g/mol. The summed E-state index contributed by atoms with van der Waals surface area (Å²) >= 11 is 0. The summed E-state index contributed by atoms with van der Waals surface area (Å²) in [5.41, 5.74) is 1.59. The summed E-state index contributed by atoms with van der Waals surface area (Å²) in [6.45, 7) is 14.3. The Morgan fingerprint density at radius 3 is 1.83 bits per heavy atom. The molecule has 0 saturated heterocycles. The number of hydrogen-bond acceptors (Lipinski definition) is 2. The third kappa shape index (κ3) is 13.1. The van der Waals surface area contributed by atoms with Gasteiger partial charge in [0, 0.05) is 7.11 Å². The average molecular weight is 411 g/mol. The van der Waals surface area contributed by atoms with Crippen molar-refractivity contribution in [3.05, 3.63) is 71.3 Å². The van der Waals surface area contributed by atoms with Crippen molar-refractivity contribution in [2.45, 2.75) is 80.1 Å². The zero-order valence-electron chi connectivity index (χ0n) is 19.5. The van der Waals surface area contributed by atoms with Crippen LogP contribution in [-0.2, 0) is 16.1 Å². The average Bonchev–Trinajstić information content (AvgIpc) is 2.76. The van der Waals surface area contributed by atoms with Crippen molar-refractivity contribution in [3.63, 3.8) is 0 Å². The smallest absolute Gasteiger partial charge is 0.126 e. The predicted molar refractivity (Wildman–Crippen MR) is 120 cm³/mol. The van der Waals surface area contributed by atoms with Crippen LogP contribution in [0.3, 0.4) is 0 Å². The quantitative estimate of drug-likeness (QED) is 0.513. The number of benzene rings is 2. The lowest BCUT2D eigenvalue weighted by Crippen LogP contribution is -2.36.